The molecule has 0 bridgehead atoms. The van der Waals surface area contributed by atoms with Crippen molar-refractivity contribution < 1.29 is 4.79 Å². The van der Waals surface area contributed by atoms with E-state index in [1.165, 1.54) is 11.3 Å². The molecule has 2 aromatic heterocycles. The Balaban J connectivity index is 1.93. The second-order valence-electron chi connectivity index (χ2n) is 3.65. The molecule has 2 heterocycles. The van der Waals surface area contributed by atoms with Crippen LogP contribution in [0, 0.1) is 6.92 Å². The van der Waals surface area contributed by atoms with Crippen molar-refractivity contribution in [2.45, 2.75) is 13.5 Å². The zero-order valence-corrected chi connectivity index (χ0v) is 10.9. The number of aromatic nitrogens is 3. The maximum atomic E-state index is 11.8. The Morgan fingerprint density at radius 2 is 2.22 bits per heavy atom. The molecule has 0 atom stereocenters. The van der Waals surface area contributed by atoms with Crippen LogP contribution in [-0.2, 0) is 6.54 Å². The minimum atomic E-state index is -0.227. The van der Waals surface area contributed by atoms with Crippen molar-refractivity contribution >= 4 is 22.4 Å². The fourth-order valence-corrected chi connectivity index (χ4v) is 1.89. The van der Waals surface area contributed by atoms with Gasteiger partial charge in [0.15, 0.2) is 0 Å². The Hall–Kier alpha value is -2.02. The van der Waals surface area contributed by atoms with Crippen LogP contribution in [0.15, 0.2) is 18.3 Å². The average Bonchev–Trinajstić information content (AvgIpc) is 2.86. The first-order chi connectivity index (χ1) is 8.69. The van der Waals surface area contributed by atoms with Crippen LogP contribution < -0.4 is 10.6 Å². The molecular weight excluding hydrogens is 250 g/mol. The summed E-state index contributed by atoms with van der Waals surface area (Å²) in [7, 11) is 1.74. The number of rotatable bonds is 4. The number of anilines is 1. The SMILES string of the molecule is CNc1nnc(C(=O)NCc2ccc(C)nc2)s1. The van der Waals surface area contributed by atoms with Gasteiger partial charge in [-0.25, -0.2) is 0 Å². The molecule has 1 amide bonds. The minimum absolute atomic E-state index is 0.227. The number of aryl methyl sites for hydroxylation is 1. The van der Waals surface area contributed by atoms with E-state index in [4.69, 9.17) is 0 Å². The quantitative estimate of drug-likeness (QED) is 0.866. The van der Waals surface area contributed by atoms with Gasteiger partial charge in [0.1, 0.15) is 0 Å². The third-order valence-corrected chi connectivity index (χ3v) is 3.20. The van der Waals surface area contributed by atoms with Gasteiger partial charge in [-0.05, 0) is 18.6 Å². The van der Waals surface area contributed by atoms with Crippen LogP contribution in [0.1, 0.15) is 21.1 Å². The number of carbonyl (C=O) groups is 1. The molecular formula is C11H13N5OS. The summed E-state index contributed by atoms with van der Waals surface area (Å²) in [6.45, 7) is 2.35. The summed E-state index contributed by atoms with van der Waals surface area (Å²) in [4.78, 5) is 15.9. The Labute approximate surface area is 108 Å². The van der Waals surface area contributed by atoms with Crippen molar-refractivity contribution in [3.63, 3.8) is 0 Å². The molecule has 0 saturated carbocycles. The highest BCUT2D eigenvalue weighted by Crippen LogP contribution is 2.13. The van der Waals surface area contributed by atoms with Crippen molar-refractivity contribution in [3.8, 4) is 0 Å². The van der Waals surface area contributed by atoms with Gasteiger partial charge in [-0.1, -0.05) is 17.4 Å². The van der Waals surface area contributed by atoms with Crippen LogP contribution in [-0.4, -0.2) is 28.1 Å². The first kappa shape index (κ1) is 12.4. The highest BCUT2D eigenvalue weighted by atomic mass is 32.1. The van der Waals surface area contributed by atoms with E-state index in [0.29, 0.717) is 16.7 Å². The molecule has 2 rings (SSSR count). The van der Waals surface area contributed by atoms with Gasteiger partial charge in [0.05, 0.1) is 0 Å². The van der Waals surface area contributed by atoms with Crippen LogP contribution in [0.25, 0.3) is 0 Å². The summed E-state index contributed by atoms with van der Waals surface area (Å²) >= 11 is 1.22. The van der Waals surface area contributed by atoms with Crippen LogP contribution >= 0.6 is 11.3 Å². The van der Waals surface area contributed by atoms with Gasteiger partial charge in [-0.3, -0.25) is 9.78 Å². The summed E-state index contributed by atoms with van der Waals surface area (Å²) in [5.41, 5.74) is 1.90. The highest BCUT2D eigenvalue weighted by Gasteiger charge is 2.11. The van der Waals surface area contributed by atoms with Crippen LogP contribution in [0.2, 0.25) is 0 Å². The maximum absolute atomic E-state index is 11.8. The fourth-order valence-electron chi connectivity index (χ4n) is 1.28. The van der Waals surface area contributed by atoms with Gasteiger partial charge >= 0.3 is 0 Å². The lowest BCUT2D eigenvalue weighted by molar-refractivity contribution is 0.0950. The Morgan fingerprint density at radius 3 is 2.83 bits per heavy atom. The third-order valence-electron chi connectivity index (χ3n) is 2.26. The third kappa shape index (κ3) is 3.01. The average molecular weight is 263 g/mol. The summed E-state index contributed by atoms with van der Waals surface area (Å²) in [5.74, 6) is -0.227. The van der Waals surface area contributed by atoms with Crippen molar-refractivity contribution in [2.75, 3.05) is 12.4 Å². The number of amides is 1. The topological polar surface area (TPSA) is 79.8 Å². The smallest absolute Gasteiger partial charge is 0.282 e. The van der Waals surface area contributed by atoms with E-state index in [9.17, 15) is 4.79 Å². The Morgan fingerprint density at radius 1 is 1.39 bits per heavy atom. The molecule has 0 fully saturated rings. The summed E-state index contributed by atoms with van der Waals surface area (Å²) in [6, 6.07) is 3.84. The lowest BCUT2D eigenvalue weighted by atomic mass is 10.2. The number of nitrogens with zero attached hydrogens (tertiary/aromatic N) is 3. The van der Waals surface area contributed by atoms with Crippen LogP contribution in [0.5, 0.6) is 0 Å². The molecule has 94 valence electrons. The summed E-state index contributed by atoms with van der Waals surface area (Å²) in [5, 5.41) is 14.2. The van der Waals surface area contributed by atoms with Crippen molar-refractivity contribution in [1.29, 1.82) is 0 Å². The molecule has 6 nitrogen and oxygen atoms in total. The molecule has 0 spiro atoms. The molecule has 2 aromatic rings. The maximum Gasteiger partial charge on any atom is 0.282 e. The first-order valence-electron chi connectivity index (χ1n) is 5.40. The molecule has 0 aliphatic heterocycles. The van der Waals surface area contributed by atoms with Gasteiger partial charge in [0.25, 0.3) is 5.91 Å². The zero-order valence-electron chi connectivity index (χ0n) is 10.1. The largest absolute Gasteiger partial charge is 0.363 e. The normalized spacial score (nSPS) is 10.1. The fraction of sp³-hybridized carbons (Fsp3) is 0.273. The molecule has 0 radical (unpaired) electrons. The van der Waals surface area contributed by atoms with E-state index in [0.717, 1.165) is 11.3 Å². The second-order valence-corrected chi connectivity index (χ2v) is 4.63. The molecule has 18 heavy (non-hydrogen) atoms. The number of hydrogen-bond donors (Lipinski definition) is 2. The predicted molar refractivity (Wildman–Crippen MR) is 69.6 cm³/mol. The van der Waals surface area contributed by atoms with Crippen LogP contribution in [0.4, 0.5) is 5.13 Å². The van der Waals surface area contributed by atoms with E-state index in [1.807, 2.05) is 19.1 Å². The minimum Gasteiger partial charge on any atom is -0.363 e. The molecule has 7 heteroatoms. The Kier molecular flexibility index (Phi) is 3.83. The van der Waals surface area contributed by atoms with E-state index in [-0.39, 0.29) is 5.91 Å². The second kappa shape index (κ2) is 5.54. The lowest BCUT2D eigenvalue weighted by Crippen LogP contribution is -2.22. The zero-order chi connectivity index (χ0) is 13.0. The van der Waals surface area contributed by atoms with Gasteiger partial charge in [-0.15, -0.1) is 10.2 Å². The van der Waals surface area contributed by atoms with E-state index >= 15 is 0 Å². The predicted octanol–water partition coefficient (Wildman–Crippen LogP) is 1.21. The lowest BCUT2D eigenvalue weighted by Gasteiger charge is -2.02. The van der Waals surface area contributed by atoms with Gasteiger partial charge in [0.2, 0.25) is 10.1 Å². The highest BCUT2D eigenvalue weighted by molar-refractivity contribution is 7.17. The van der Waals surface area contributed by atoms with E-state index < -0.39 is 0 Å². The first-order valence-corrected chi connectivity index (χ1v) is 6.21. The number of nitrogens with one attached hydrogen (secondary N) is 2. The van der Waals surface area contributed by atoms with Gasteiger partial charge < -0.3 is 10.6 Å². The standard InChI is InChI=1S/C11H13N5OS/c1-7-3-4-8(5-13-7)6-14-9(17)10-15-16-11(12-2)18-10/h3-5H,6H2,1-2H3,(H,12,16)(H,14,17). The Bertz CT molecular complexity index is 537. The number of hydrogen-bond acceptors (Lipinski definition) is 6. The van der Waals surface area contributed by atoms with Crippen LogP contribution in [0.3, 0.4) is 0 Å². The van der Waals surface area contributed by atoms with Crippen molar-refractivity contribution in [2.24, 2.45) is 0 Å². The molecule has 0 unspecified atom stereocenters. The van der Waals surface area contributed by atoms with Crippen molar-refractivity contribution in [3.05, 3.63) is 34.6 Å². The monoisotopic (exact) mass is 263 g/mol. The van der Waals surface area contributed by atoms with E-state index in [1.54, 1.807) is 13.2 Å². The molecule has 2 N–H and O–H groups in total. The molecule has 0 aliphatic carbocycles. The van der Waals surface area contributed by atoms with E-state index in [2.05, 4.69) is 25.8 Å². The van der Waals surface area contributed by atoms with Gasteiger partial charge in [0, 0.05) is 25.5 Å². The van der Waals surface area contributed by atoms with Gasteiger partial charge in [-0.2, -0.15) is 0 Å². The number of pyridine rings is 1. The summed E-state index contributed by atoms with van der Waals surface area (Å²) < 4.78 is 0. The molecule has 0 aliphatic rings. The molecule has 0 aromatic carbocycles. The summed E-state index contributed by atoms with van der Waals surface area (Å²) in [6.07, 6.45) is 1.74. The molecule has 0 saturated heterocycles. The number of carbonyl (C=O) groups excluding carboxylic acids is 1. The van der Waals surface area contributed by atoms with Crippen molar-refractivity contribution in [1.82, 2.24) is 20.5 Å².